The molecule has 11 atom stereocenters. The Balaban J connectivity index is 1.41. The van der Waals surface area contributed by atoms with E-state index in [1.165, 1.54) is 32.9 Å². The number of amides is 1. The van der Waals surface area contributed by atoms with E-state index in [9.17, 15) is 39.3 Å². The zero-order chi connectivity index (χ0) is 45.9. The van der Waals surface area contributed by atoms with Gasteiger partial charge in [0.15, 0.2) is 23.1 Å². The van der Waals surface area contributed by atoms with Crippen molar-refractivity contribution in [2.24, 2.45) is 16.7 Å². The highest BCUT2D eigenvalue weighted by Gasteiger charge is 2.80. The first-order chi connectivity index (χ1) is 29.6. The highest BCUT2D eigenvalue weighted by molar-refractivity contribution is 5.99. The Kier molecular flexibility index (Phi) is 11.8. The summed E-state index contributed by atoms with van der Waals surface area (Å²) in [6.07, 6.45) is -8.79. The lowest BCUT2D eigenvalue weighted by molar-refractivity contribution is -0.347. The summed E-state index contributed by atoms with van der Waals surface area (Å²) in [6.45, 7) is 9.32. The molecule has 63 heavy (non-hydrogen) atoms. The van der Waals surface area contributed by atoms with Crippen molar-refractivity contribution in [3.8, 4) is 0 Å². The van der Waals surface area contributed by atoms with E-state index in [2.05, 4.69) is 5.32 Å². The van der Waals surface area contributed by atoms with Gasteiger partial charge in [-0.3, -0.25) is 19.2 Å². The van der Waals surface area contributed by atoms with Crippen molar-refractivity contribution < 1.29 is 67.8 Å². The molecule has 0 aromatic heterocycles. The third-order valence-electron chi connectivity index (χ3n) is 13.8. The Labute approximate surface area is 364 Å². The van der Waals surface area contributed by atoms with E-state index in [4.69, 9.17) is 23.7 Å². The SMILES string of the molecule is CC(=O)O[C@]1(C)C(=O)[C@@]2(C)[C@H]([C@H](OC(=O)c3ccccc3)[C@]3(O)C[C@H](OC(=O)[C@H](O)C(NC(=O)c4ccccc4)c4ccccc4)C(C)=C1C3(C)C)[C@]1(OC(C)=O)CO[C@@H]1C[C@@H]2O. The molecule has 1 saturated heterocycles. The van der Waals surface area contributed by atoms with Crippen LogP contribution in [-0.2, 0) is 42.9 Å². The average molecular weight is 868 g/mol. The number of ketones is 1. The summed E-state index contributed by atoms with van der Waals surface area (Å²) in [4.78, 5) is 84.2. The number of benzene rings is 3. The van der Waals surface area contributed by atoms with E-state index in [0.717, 1.165) is 13.8 Å². The number of ether oxygens (including phenoxy) is 5. The first kappa shape index (κ1) is 45.3. The molecule has 1 amide bonds. The van der Waals surface area contributed by atoms with Crippen LogP contribution in [0.5, 0.6) is 0 Å². The highest BCUT2D eigenvalue weighted by atomic mass is 16.6. The highest BCUT2D eigenvalue weighted by Crippen LogP contribution is 2.66. The van der Waals surface area contributed by atoms with Crippen molar-refractivity contribution in [3.05, 3.63) is 119 Å². The van der Waals surface area contributed by atoms with E-state index in [1.807, 2.05) is 0 Å². The Morgan fingerprint density at radius 1 is 0.810 bits per heavy atom. The Hall–Kier alpha value is -5.74. The normalized spacial score (nSPS) is 32.7. The number of fused-ring (bicyclic) bond motifs is 5. The molecule has 4 N–H and O–H groups in total. The predicted molar refractivity (Wildman–Crippen MR) is 222 cm³/mol. The van der Waals surface area contributed by atoms with E-state index in [0.29, 0.717) is 5.56 Å². The van der Waals surface area contributed by atoms with Gasteiger partial charge < -0.3 is 44.3 Å². The fraction of sp³-hybridized carbons (Fsp3) is 0.458. The second kappa shape index (κ2) is 16.4. The first-order valence-electron chi connectivity index (χ1n) is 20.9. The summed E-state index contributed by atoms with van der Waals surface area (Å²) < 4.78 is 30.6. The maximum absolute atomic E-state index is 15.8. The molecule has 15 heteroatoms. The Bertz CT molecular complexity index is 2330. The lowest BCUT2D eigenvalue weighted by Crippen LogP contribution is -2.82. The summed E-state index contributed by atoms with van der Waals surface area (Å²) in [7, 11) is 0. The number of hydrogen-bond acceptors (Lipinski definition) is 14. The summed E-state index contributed by atoms with van der Waals surface area (Å²) >= 11 is 0. The maximum atomic E-state index is 15.8. The number of hydrogen-bond donors (Lipinski definition) is 4. The minimum atomic E-state index is -2.42. The van der Waals surface area contributed by atoms with Gasteiger partial charge in [0, 0.05) is 37.7 Å². The summed E-state index contributed by atoms with van der Waals surface area (Å²) in [5.41, 5.74) is -9.49. The molecule has 3 aliphatic carbocycles. The van der Waals surface area contributed by atoms with Crippen molar-refractivity contribution in [2.75, 3.05) is 6.61 Å². The van der Waals surface area contributed by atoms with Gasteiger partial charge in [-0.1, -0.05) is 80.6 Å². The fourth-order valence-corrected chi connectivity index (χ4v) is 10.9. The third-order valence-corrected chi connectivity index (χ3v) is 13.8. The van der Waals surface area contributed by atoms with Gasteiger partial charge in [0.2, 0.25) is 0 Å². The second-order valence-electron chi connectivity index (χ2n) is 17.9. The number of aliphatic hydroxyl groups excluding tert-OH is 2. The molecule has 0 radical (unpaired) electrons. The van der Waals surface area contributed by atoms with Crippen LogP contribution in [0.3, 0.4) is 0 Å². The monoisotopic (exact) mass is 867 g/mol. The van der Waals surface area contributed by atoms with Gasteiger partial charge in [-0.2, -0.15) is 0 Å². The molecular weight excluding hydrogens is 815 g/mol. The summed E-state index contributed by atoms with van der Waals surface area (Å²) in [5.74, 6) is -6.90. The van der Waals surface area contributed by atoms with Crippen LogP contribution in [0.1, 0.15) is 93.6 Å². The molecule has 2 saturated carbocycles. The lowest BCUT2D eigenvalue weighted by Gasteiger charge is -2.68. The van der Waals surface area contributed by atoms with Gasteiger partial charge >= 0.3 is 23.9 Å². The van der Waals surface area contributed by atoms with E-state index >= 15 is 4.79 Å². The molecule has 3 aromatic rings. The van der Waals surface area contributed by atoms with E-state index < -0.39 is 112 Å². The van der Waals surface area contributed by atoms with Gasteiger partial charge in [-0.05, 0) is 61.7 Å². The van der Waals surface area contributed by atoms with Crippen molar-refractivity contribution in [1.29, 1.82) is 0 Å². The van der Waals surface area contributed by atoms with Crippen LogP contribution in [0.4, 0.5) is 0 Å². The molecule has 3 aromatic carbocycles. The lowest BCUT2D eigenvalue weighted by atomic mass is 9.43. The number of nitrogens with one attached hydrogen (secondary N) is 1. The Morgan fingerprint density at radius 3 is 1.90 bits per heavy atom. The van der Waals surface area contributed by atoms with Gasteiger partial charge in [0.1, 0.15) is 23.9 Å². The summed E-state index contributed by atoms with van der Waals surface area (Å²) in [5, 5.41) is 40.5. The summed E-state index contributed by atoms with van der Waals surface area (Å²) in [6, 6.07) is 22.9. The molecule has 7 rings (SSSR count). The van der Waals surface area contributed by atoms with Crippen LogP contribution < -0.4 is 5.32 Å². The van der Waals surface area contributed by atoms with Crippen LogP contribution in [0.15, 0.2) is 102 Å². The minimum Gasteiger partial charge on any atom is -0.456 e. The van der Waals surface area contributed by atoms with Gasteiger partial charge in [0.05, 0.1) is 35.6 Å². The van der Waals surface area contributed by atoms with Crippen LogP contribution in [-0.4, -0.2) is 105 Å². The minimum absolute atomic E-state index is 0.0191. The van der Waals surface area contributed by atoms with Crippen LogP contribution in [0.2, 0.25) is 0 Å². The van der Waals surface area contributed by atoms with Crippen molar-refractivity contribution >= 4 is 35.6 Å². The zero-order valence-electron chi connectivity index (χ0n) is 36.2. The topological polar surface area (TPSA) is 221 Å². The number of carbonyl (C=O) groups excluding carboxylic acids is 6. The number of Topliss-reactive ketones (excluding diaryl/α,β-unsaturated/α-hetero) is 1. The molecule has 3 fully saturated rings. The van der Waals surface area contributed by atoms with Crippen LogP contribution in [0.25, 0.3) is 0 Å². The molecule has 1 unspecified atom stereocenters. The number of rotatable bonds is 10. The number of esters is 4. The first-order valence-corrected chi connectivity index (χ1v) is 20.9. The second-order valence-corrected chi connectivity index (χ2v) is 17.9. The predicted octanol–water partition coefficient (Wildman–Crippen LogP) is 4.13. The largest absolute Gasteiger partial charge is 0.456 e. The molecule has 0 spiro atoms. The quantitative estimate of drug-likeness (QED) is 0.128. The van der Waals surface area contributed by atoms with Gasteiger partial charge in [-0.25, -0.2) is 9.59 Å². The molecule has 1 aliphatic heterocycles. The van der Waals surface area contributed by atoms with E-state index in [1.54, 1.807) is 92.7 Å². The van der Waals surface area contributed by atoms with Gasteiger partial charge in [-0.15, -0.1) is 0 Å². The van der Waals surface area contributed by atoms with Crippen LogP contribution in [0, 0.1) is 16.7 Å². The van der Waals surface area contributed by atoms with E-state index in [-0.39, 0.29) is 35.3 Å². The van der Waals surface area contributed by atoms with Crippen LogP contribution >= 0.6 is 0 Å². The number of aliphatic hydroxyl groups is 3. The standard InChI is InChI=1S/C48H53NO14/c1-26-32(60-42(56)36(53)35(29-17-11-8-12-18-29)49-40(54)30-19-13-9-14-20-30)24-48(58)39(61-41(55)31-21-15-10-16-22-31)38-45(6,33(52)23-34-47(38,25-59-34)63-28(3)51)43(57)46(7,62-27(2)50)37(26)44(48,4)5/h8-22,32-36,38-39,52-53,58H,23-25H2,1-7H3,(H,49,54)/t32-,33-,34+,35?,36+,38-,39-,45+,46-,47-,48+/m0/s1. The zero-order valence-corrected chi connectivity index (χ0v) is 36.2. The third kappa shape index (κ3) is 7.34. The molecule has 334 valence electrons. The Morgan fingerprint density at radius 2 is 1.37 bits per heavy atom. The van der Waals surface area contributed by atoms with Crippen molar-refractivity contribution in [1.82, 2.24) is 5.32 Å². The van der Waals surface area contributed by atoms with Gasteiger partial charge in [0.25, 0.3) is 5.91 Å². The molecule has 4 aliphatic rings. The molecule has 15 nitrogen and oxygen atoms in total. The maximum Gasteiger partial charge on any atom is 0.338 e. The smallest absolute Gasteiger partial charge is 0.338 e. The average Bonchev–Trinajstić information content (AvgIpc) is 3.24. The molecular formula is C48H53NO14. The van der Waals surface area contributed by atoms with Crippen molar-refractivity contribution in [3.63, 3.8) is 0 Å². The fourth-order valence-electron chi connectivity index (χ4n) is 10.9. The number of carbonyl (C=O) groups is 6. The molecule has 1 heterocycles. The molecule has 2 bridgehead atoms. The van der Waals surface area contributed by atoms with Crippen molar-refractivity contribution in [2.45, 2.75) is 115 Å².